The van der Waals surface area contributed by atoms with Crippen LogP contribution in [0.1, 0.15) is 11.9 Å². The van der Waals surface area contributed by atoms with Gasteiger partial charge in [0.1, 0.15) is 5.69 Å². The van der Waals surface area contributed by atoms with Gasteiger partial charge < -0.3 is 21.6 Å². The molecule has 0 aliphatic carbocycles. The molecule has 0 radical (unpaired) electrons. The summed E-state index contributed by atoms with van der Waals surface area (Å²) in [7, 11) is 6.46. The summed E-state index contributed by atoms with van der Waals surface area (Å²) in [5.74, 6) is 0. The molecule has 1 aliphatic rings. The maximum atomic E-state index is 5.95. The van der Waals surface area contributed by atoms with Crippen molar-refractivity contribution in [2.75, 3.05) is 27.7 Å². The van der Waals surface area contributed by atoms with E-state index < -0.39 is 0 Å². The first-order chi connectivity index (χ1) is 8.07. The van der Waals surface area contributed by atoms with E-state index in [1.165, 1.54) is 11.1 Å². The van der Waals surface area contributed by atoms with Gasteiger partial charge in [0.05, 0.1) is 39.8 Å². The van der Waals surface area contributed by atoms with Crippen molar-refractivity contribution >= 4 is 10.9 Å². The van der Waals surface area contributed by atoms with Crippen molar-refractivity contribution < 1.29 is 21.6 Å². The summed E-state index contributed by atoms with van der Waals surface area (Å²) in [6.07, 6.45) is 0.0659. The Hall–Kier alpha value is -1.10. The monoisotopic (exact) mass is 267 g/mol. The van der Waals surface area contributed by atoms with Crippen molar-refractivity contribution in [3.8, 4) is 0 Å². The van der Waals surface area contributed by atoms with E-state index in [2.05, 4.69) is 49.1 Å². The van der Waals surface area contributed by atoms with Crippen LogP contribution >= 0.6 is 0 Å². The van der Waals surface area contributed by atoms with E-state index in [-0.39, 0.29) is 18.6 Å². The average molecular weight is 268 g/mol. The summed E-state index contributed by atoms with van der Waals surface area (Å²) in [4.78, 5) is 0. The smallest absolute Gasteiger partial charge is 0.237 e. The molecule has 0 bridgehead atoms. The fourth-order valence-electron chi connectivity index (χ4n) is 2.45. The highest BCUT2D eigenvalue weighted by Crippen LogP contribution is 2.33. The largest absolute Gasteiger partial charge is 1.00 e. The Bertz CT molecular complexity index is 559. The highest BCUT2D eigenvalue weighted by Gasteiger charge is 2.34. The van der Waals surface area contributed by atoms with E-state index in [1.807, 2.05) is 6.07 Å². The van der Waals surface area contributed by atoms with Crippen LogP contribution in [0.5, 0.6) is 0 Å². The van der Waals surface area contributed by atoms with Gasteiger partial charge in [0.15, 0.2) is 0 Å². The van der Waals surface area contributed by atoms with Crippen LogP contribution in [-0.4, -0.2) is 42.0 Å². The minimum atomic E-state index is 0. The maximum absolute atomic E-state index is 5.95. The van der Waals surface area contributed by atoms with Gasteiger partial charge in [0, 0.05) is 5.39 Å². The fraction of sp³-hybridized carbons (Fsp3) is 0.462. The zero-order valence-corrected chi connectivity index (χ0v) is 11.7. The lowest BCUT2D eigenvalue weighted by Crippen LogP contribution is -3.00. The lowest BCUT2D eigenvalue weighted by atomic mass is 10.1. The first-order valence-electron chi connectivity index (χ1n) is 5.95. The molecule has 0 N–H and O–H groups in total. The van der Waals surface area contributed by atoms with E-state index in [0.717, 1.165) is 23.2 Å². The summed E-state index contributed by atoms with van der Waals surface area (Å²) < 4.78 is 8.81. The molecule has 0 fully saturated rings. The van der Waals surface area contributed by atoms with Gasteiger partial charge in [-0.3, -0.25) is 4.68 Å². The third-order valence-corrected chi connectivity index (χ3v) is 3.20. The Morgan fingerprint density at radius 2 is 2.00 bits per heavy atom. The summed E-state index contributed by atoms with van der Waals surface area (Å²) in [6, 6.07) is 8.29. The second-order valence-corrected chi connectivity index (χ2v) is 5.46. The molecular formula is C13H18ClN3O. The normalized spacial score (nSPS) is 19.4. The molecule has 98 valence electrons. The van der Waals surface area contributed by atoms with Crippen molar-refractivity contribution in [2.45, 2.75) is 12.8 Å². The molecule has 1 aliphatic heterocycles. The van der Waals surface area contributed by atoms with Crippen LogP contribution in [0.4, 0.5) is 0 Å². The third kappa shape index (κ3) is 2.00. The SMILES string of the molecule is C[N+](C)(C)[C@@H]1OCCn2nc3ccccc3c21.[Cl-]. The molecule has 0 amide bonds. The van der Waals surface area contributed by atoms with Gasteiger partial charge in [-0.05, 0) is 6.07 Å². The van der Waals surface area contributed by atoms with Crippen LogP contribution in [-0.2, 0) is 11.3 Å². The number of rotatable bonds is 1. The molecule has 2 heterocycles. The summed E-state index contributed by atoms with van der Waals surface area (Å²) in [5.41, 5.74) is 2.27. The molecule has 0 spiro atoms. The maximum Gasteiger partial charge on any atom is 0.237 e. The van der Waals surface area contributed by atoms with Crippen LogP contribution in [0.15, 0.2) is 24.3 Å². The average Bonchev–Trinajstić information content (AvgIpc) is 2.65. The number of fused-ring (bicyclic) bond motifs is 3. The van der Waals surface area contributed by atoms with Crippen molar-refractivity contribution in [3.63, 3.8) is 0 Å². The number of hydrogen-bond acceptors (Lipinski definition) is 2. The highest BCUT2D eigenvalue weighted by atomic mass is 35.5. The van der Waals surface area contributed by atoms with E-state index in [0.29, 0.717) is 0 Å². The van der Waals surface area contributed by atoms with E-state index >= 15 is 0 Å². The molecule has 0 saturated heterocycles. The molecule has 0 saturated carbocycles. The highest BCUT2D eigenvalue weighted by molar-refractivity contribution is 5.81. The number of halogens is 1. The number of nitrogens with zero attached hydrogens (tertiary/aromatic N) is 3. The molecule has 1 atom stereocenters. The molecule has 1 aromatic carbocycles. The Morgan fingerprint density at radius 3 is 2.72 bits per heavy atom. The molecule has 2 aromatic rings. The van der Waals surface area contributed by atoms with Crippen molar-refractivity contribution in [1.29, 1.82) is 0 Å². The Labute approximate surface area is 113 Å². The van der Waals surface area contributed by atoms with Gasteiger partial charge in [-0.15, -0.1) is 0 Å². The summed E-state index contributed by atoms with van der Waals surface area (Å²) in [5, 5.41) is 5.86. The quantitative estimate of drug-likeness (QED) is 0.606. The number of benzene rings is 1. The van der Waals surface area contributed by atoms with Gasteiger partial charge in [0.2, 0.25) is 6.23 Å². The Balaban J connectivity index is 0.00000120. The van der Waals surface area contributed by atoms with Crippen LogP contribution in [0.3, 0.4) is 0 Å². The number of aromatic nitrogens is 2. The first kappa shape index (κ1) is 13.3. The van der Waals surface area contributed by atoms with Gasteiger partial charge in [0.25, 0.3) is 0 Å². The minimum Gasteiger partial charge on any atom is -1.00 e. The third-order valence-electron chi connectivity index (χ3n) is 3.20. The molecular weight excluding hydrogens is 250 g/mol. The summed E-state index contributed by atoms with van der Waals surface area (Å²) >= 11 is 0. The van der Waals surface area contributed by atoms with E-state index in [9.17, 15) is 0 Å². The number of ether oxygens (including phenoxy) is 1. The predicted octanol–water partition coefficient (Wildman–Crippen LogP) is -1.22. The van der Waals surface area contributed by atoms with Gasteiger partial charge in [-0.2, -0.15) is 5.10 Å². The summed E-state index contributed by atoms with van der Waals surface area (Å²) in [6.45, 7) is 1.59. The minimum absolute atomic E-state index is 0. The first-order valence-corrected chi connectivity index (χ1v) is 5.95. The van der Waals surface area contributed by atoms with Crippen molar-refractivity contribution in [2.24, 2.45) is 0 Å². The molecule has 18 heavy (non-hydrogen) atoms. The second-order valence-electron chi connectivity index (χ2n) is 5.46. The van der Waals surface area contributed by atoms with E-state index in [4.69, 9.17) is 4.74 Å². The van der Waals surface area contributed by atoms with Crippen molar-refractivity contribution in [1.82, 2.24) is 9.78 Å². The standard InChI is InChI=1S/C13H18N3O.ClH/c1-16(2,3)13-12-10-6-4-5-7-11(10)14-15(12)8-9-17-13;/h4-7,13H,8-9H2,1-3H3;1H/q+1;/p-1/t13-;/m1./s1. The van der Waals surface area contributed by atoms with Crippen LogP contribution in [0.25, 0.3) is 10.9 Å². The molecule has 0 unspecified atom stereocenters. The van der Waals surface area contributed by atoms with Crippen LogP contribution in [0, 0.1) is 0 Å². The fourth-order valence-corrected chi connectivity index (χ4v) is 2.45. The Kier molecular flexibility index (Phi) is 3.36. The zero-order chi connectivity index (χ0) is 12.0. The number of quaternary nitrogens is 1. The lowest BCUT2D eigenvalue weighted by molar-refractivity contribution is -0.928. The van der Waals surface area contributed by atoms with Gasteiger partial charge >= 0.3 is 0 Å². The van der Waals surface area contributed by atoms with Gasteiger partial charge in [-0.25, -0.2) is 0 Å². The van der Waals surface area contributed by atoms with Crippen LogP contribution in [0.2, 0.25) is 0 Å². The molecule has 1 aromatic heterocycles. The van der Waals surface area contributed by atoms with Crippen LogP contribution < -0.4 is 12.4 Å². The zero-order valence-electron chi connectivity index (χ0n) is 10.9. The topological polar surface area (TPSA) is 27.1 Å². The van der Waals surface area contributed by atoms with Gasteiger partial charge in [-0.1, -0.05) is 18.2 Å². The van der Waals surface area contributed by atoms with Crippen molar-refractivity contribution in [3.05, 3.63) is 30.0 Å². The Morgan fingerprint density at radius 1 is 1.28 bits per heavy atom. The molecule has 3 rings (SSSR count). The lowest BCUT2D eigenvalue weighted by Gasteiger charge is -2.36. The molecule has 4 nitrogen and oxygen atoms in total. The van der Waals surface area contributed by atoms with E-state index in [1.54, 1.807) is 0 Å². The number of hydrogen-bond donors (Lipinski definition) is 0. The predicted molar refractivity (Wildman–Crippen MR) is 66.5 cm³/mol. The second kappa shape index (κ2) is 4.53. The molecule has 5 heteroatoms.